The van der Waals surface area contributed by atoms with Crippen molar-refractivity contribution in [2.45, 2.75) is 30.0 Å². The number of sulfone groups is 1. The fraction of sp³-hybridized carbons (Fsp3) is 0.381. The zero-order valence-corrected chi connectivity index (χ0v) is 16.8. The Bertz CT molecular complexity index is 893. The Hall–Kier alpha value is -2.18. The van der Waals surface area contributed by atoms with Crippen molar-refractivity contribution in [2.24, 2.45) is 0 Å². The van der Waals surface area contributed by atoms with Gasteiger partial charge in [-0.25, -0.2) is 8.42 Å². The second kappa shape index (κ2) is 7.82. The lowest BCUT2D eigenvalue weighted by atomic mass is 10.0. The monoisotopic (exact) mass is 386 g/mol. The fourth-order valence-corrected chi connectivity index (χ4v) is 4.41. The van der Waals surface area contributed by atoms with E-state index in [-0.39, 0.29) is 16.8 Å². The molecule has 0 N–H and O–H groups in total. The molecule has 1 fully saturated rings. The van der Waals surface area contributed by atoms with Crippen molar-refractivity contribution >= 4 is 15.7 Å². The van der Waals surface area contributed by atoms with Crippen molar-refractivity contribution < 1.29 is 13.2 Å². The minimum Gasteiger partial charge on any atom is -0.329 e. The van der Waals surface area contributed by atoms with Crippen LogP contribution in [-0.2, 0) is 9.84 Å². The third-order valence-electron chi connectivity index (χ3n) is 5.08. The lowest BCUT2D eigenvalue weighted by Gasteiger charge is -2.40. The molecule has 1 saturated heterocycles. The van der Waals surface area contributed by atoms with Crippen LogP contribution >= 0.6 is 0 Å². The molecule has 0 radical (unpaired) electrons. The van der Waals surface area contributed by atoms with Crippen molar-refractivity contribution in [1.29, 1.82) is 0 Å². The SMILES string of the molecule is CC(C)S(=O)(=O)c1ccc(C(=O)N2CCN(C)CC2c2ccccc2)cc1. The van der Waals surface area contributed by atoms with Crippen molar-refractivity contribution in [1.82, 2.24) is 9.80 Å². The summed E-state index contributed by atoms with van der Waals surface area (Å²) in [5, 5.41) is -0.487. The first-order valence-electron chi connectivity index (χ1n) is 9.19. The predicted octanol–water partition coefficient (Wildman–Crippen LogP) is 3.00. The van der Waals surface area contributed by atoms with Gasteiger partial charge in [0, 0.05) is 25.2 Å². The molecule has 1 aliphatic heterocycles. The van der Waals surface area contributed by atoms with E-state index in [2.05, 4.69) is 11.9 Å². The number of nitrogens with zero attached hydrogens (tertiary/aromatic N) is 2. The highest BCUT2D eigenvalue weighted by atomic mass is 32.2. The maximum absolute atomic E-state index is 13.1. The normalized spacial score (nSPS) is 18.7. The van der Waals surface area contributed by atoms with Gasteiger partial charge in [0.15, 0.2) is 9.84 Å². The molecular weight excluding hydrogens is 360 g/mol. The Kier molecular flexibility index (Phi) is 5.67. The van der Waals surface area contributed by atoms with E-state index in [4.69, 9.17) is 0 Å². The minimum absolute atomic E-state index is 0.0171. The largest absolute Gasteiger partial charge is 0.329 e. The third-order valence-corrected chi connectivity index (χ3v) is 7.25. The first kappa shape index (κ1) is 19.6. The molecule has 2 aromatic carbocycles. The van der Waals surface area contributed by atoms with Gasteiger partial charge in [0.25, 0.3) is 5.91 Å². The Labute approximate surface area is 161 Å². The van der Waals surface area contributed by atoms with Gasteiger partial charge in [-0.05, 0) is 50.7 Å². The molecule has 3 rings (SSSR count). The Morgan fingerprint density at radius 2 is 1.63 bits per heavy atom. The topological polar surface area (TPSA) is 57.7 Å². The fourth-order valence-electron chi connectivity index (χ4n) is 3.35. The zero-order chi connectivity index (χ0) is 19.6. The Morgan fingerprint density at radius 3 is 2.22 bits per heavy atom. The molecule has 1 amide bonds. The summed E-state index contributed by atoms with van der Waals surface area (Å²) in [6, 6.07) is 16.3. The molecule has 1 aliphatic rings. The van der Waals surface area contributed by atoms with Gasteiger partial charge in [-0.1, -0.05) is 30.3 Å². The van der Waals surface area contributed by atoms with Gasteiger partial charge in [-0.2, -0.15) is 0 Å². The Morgan fingerprint density at radius 1 is 1.00 bits per heavy atom. The molecule has 1 unspecified atom stereocenters. The molecule has 144 valence electrons. The number of carbonyl (C=O) groups excluding carboxylic acids is 1. The van der Waals surface area contributed by atoms with E-state index >= 15 is 0 Å². The maximum atomic E-state index is 13.1. The van der Waals surface area contributed by atoms with Crippen LogP contribution in [0.1, 0.15) is 35.8 Å². The molecule has 0 spiro atoms. The van der Waals surface area contributed by atoms with Crippen LogP contribution in [-0.4, -0.2) is 56.1 Å². The maximum Gasteiger partial charge on any atom is 0.254 e. The summed E-state index contributed by atoms with van der Waals surface area (Å²) in [5.41, 5.74) is 1.62. The summed E-state index contributed by atoms with van der Waals surface area (Å²) >= 11 is 0. The summed E-state index contributed by atoms with van der Waals surface area (Å²) in [7, 11) is -1.28. The van der Waals surface area contributed by atoms with E-state index < -0.39 is 15.1 Å². The van der Waals surface area contributed by atoms with Crippen LogP contribution < -0.4 is 0 Å². The van der Waals surface area contributed by atoms with E-state index in [1.165, 1.54) is 12.1 Å². The second-order valence-corrected chi connectivity index (χ2v) is 9.81. The molecule has 0 aromatic heterocycles. The van der Waals surface area contributed by atoms with Crippen LogP contribution in [0.4, 0.5) is 0 Å². The molecule has 0 bridgehead atoms. The smallest absolute Gasteiger partial charge is 0.254 e. The Balaban J connectivity index is 1.87. The van der Waals surface area contributed by atoms with E-state index in [0.29, 0.717) is 12.1 Å². The highest BCUT2D eigenvalue weighted by Crippen LogP contribution is 2.27. The number of amides is 1. The van der Waals surface area contributed by atoms with Crippen LogP contribution in [0.25, 0.3) is 0 Å². The molecule has 0 saturated carbocycles. The lowest BCUT2D eigenvalue weighted by molar-refractivity contribution is 0.0498. The second-order valence-electron chi connectivity index (χ2n) is 7.31. The van der Waals surface area contributed by atoms with Gasteiger partial charge in [0.2, 0.25) is 0 Å². The van der Waals surface area contributed by atoms with Crippen molar-refractivity contribution in [3.8, 4) is 0 Å². The summed E-state index contributed by atoms with van der Waals surface area (Å²) in [6.07, 6.45) is 0. The average Bonchev–Trinajstić information content (AvgIpc) is 2.68. The number of benzene rings is 2. The van der Waals surface area contributed by atoms with Gasteiger partial charge in [-0.15, -0.1) is 0 Å². The standard InChI is InChI=1S/C21H26N2O3S/c1-16(2)27(25,26)19-11-9-18(10-12-19)21(24)23-14-13-22(3)15-20(23)17-7-5-4-6-8-17/h4-12,16,20H,13-15H2,1-3H3. The van der Waals surface area contributed by atoms with Gasteiger partial charge >= 0.3 is 0 Å². The molecule has 1 heterocycles. The van der Waals surface area contributed by atoms with Gasteiger partial charge in [-0.3, -0.25) is 4.79 Å². The van der Waals surface area contributed by atoms with E-state index in [0.717, 1.165) is 18.7 Å². The highest BCUT2D eigenvalue weighted by Gasteiger charge is 2.31. The van der Waals surface area contributed by atoms with Gasteiger partial charge < -0.3 is 9.80 Å². The number of carbonyl (C=O) groups is 1. The van der Waals surface area contributed by atoms with E-state index in [1.807, 2.05) is 35.2 Å². The number of piperazine rings is 1. The van der Waals surface area contributed by atoms with Crippen molar-refractivity contribution in [2.75, 3.05) is 26.7 Å². The first-order chi connectivity index (χ1) is 12.8. The summed E-state index contributed by atoms with van der Waals surface area (Å²) < 4.78 is 24.6. The number of likely N-dealkylation sites (N-methyl/N-ethyl adjacent to an activating group) is 1. The van der Waals surface area contributed by atoms with Crippen LogP contribution in [0.5, 0.6) is 0 Å². The third kappa shape index (κ3) is 4.06. The number of hydrogen-bond acceptors (Lipinski definition) is 4. The highest BCUT2D eigenvalue weighted by molar-refractivity contribution is 7.92. The van der Waals surface area contributed by atoms with Crippen LogP contribution in [0.3, 0.4) is 0 Å². The molecule has 27 heavy (non-hydrogen) atoms. The minimum atomic E-state index is -3.34. The van der Waals surface area contributed by atoms with Crippen LogP contribution in [0.15, 0.2) is 59.5 Å². The van der Waals surface area contributed by atoms with Crippen LogP contribution in [0.2, 0.25) is 0 Å². The van der Waals surface area contributed by atoms with Gasteiger partial charge in [0.05, 0.1) is 16.2 Å². The molecule has 2 aromatic rings. The van der Waals surface area contributed by atoms with Gasteiger partial charge in [0.1, 0.15) is 0 Å². The molecule has 5 nitrogen and oxygen atoms in total. The molecule has 6 heteroatoms. The number of rotatable bonds is 4. The molecular formula is C21H26N2O3S. The van der Waals surface area contributed by atoms with Crippen molar-refractivity contribution in [3.63, 3.8) is 0 Å². The molecule has 1 atom stereocenters. The van der Waals surface area contributed by atoms with E-state index in [1.54, 1.807) is 26.0 Å². The quantitative estimate of drug-likeness (QED) is 0.811. The summed E-state index contributed by atoms with van der Waals surface area (Å²) in [5.74, 6) is -0.0644. The summed E-state index contributed by atoms with van der Waals surface area (Å²) in [4.78, 5) is 17.5. The van der Waals surface area contributed by atoms with E-state index in [9.17, 15) is 13.2 Å². The summed E-state index contributed by atoms with van der Waals surface area (Å²) in [6.45, 7) is 5.54. The zero-order valence-electron chi connectivity index (χ0n) is 16.0. The predicted molar refractivity (Wildman–Crippen MR) is 106 cm³/mol. The molecule has 0 aliphatic carbocycles. The lowest BCUT2D eigenvalue weighted by Crippen LogP contribution is -2.49. The van der Waals surface area contributed by atoms with Crippen molar-refractivity contribution in [3.05, 3.63) is 65.7 Å². The number of hydrogen-bond donors (Lipinski definition) is 0. The van der Waals surface area contributed by atoms with Crippen LogP contribution in [0, 0.1) is 0 Å². The first-order valence-corrected chi connectivity index (χ1v) is 10.7. The average molecular weight is 387 g/mol.